The van der Waals surface area contributed by atoms with Gasteiger partial charge in [0.25, 0.3) is 5.56 Å². The van der Waals surface area contributed by atoms with Gasteiger partial charge in [0.05, 0.1) is 11.8 Å². The molecule has 0 saturated heterocycles. The van der Waals surface area contributed by atoms with Gasteiger partial charge in [-0.15, -0.1) is 0 Å². The van der Waals surface area contributed by atoms with Crippen LogP contribution in [-0.4, -0.2) is 26.1 Å². The van der Waals surface area contributed by atoms with E-state index in [1.165, 1.54) is 18.5 Å². The Morgan fingerprint density at radius 3 is 2.58 bits per heavy atom. The van der Waals surface area contributed by atoms with Crippen LogP contribution >= 0.6 is 0 Å². The summed E-state index contributed by atoms with van der Waals surface area (Å²) in [4.78, 5) is 30.4. The average molecular weight is 420 g/mol. The number of benzene rings is 2. The van der Waals surface area contributed by atoms with E-state index in [9.17, 15) is 14.0 Å². The van der Waals surface area contributed by atoms with E-state index < -0.39 is 5.82 Å². The standard InChI is InChI=1S/C24H25FN4O2/c1-15(2)27-21(30)13-29-20-10-9-18(25)11-19(20)22-23(29)24(31)28(14-26-22)12-16(3)17-7-5-4-6-8-17/h4-11,14-16H,12-13H2,1-3H3,(H,27,30)/t16-/m0/s1. The number of amides is 1. The first-order valence-corrected chi connectivity index (χ1v) is 10.4. The summed E-state index contributed by atoms with van der Waals surface area (Å²) in [6.07, 6.45) is 1.51. The predicted molar refractivity (Wildman–Crippen MR) is 120 cm³/mol. The molecule has 2 aromatic carbocycles. The van der Waals surface area contributed by atoms with Crippen molar-refractivity contribution in [3.63, 3.8) is 0 Å². The van der Waals surface area contributed by atoms with E-state index >= 15 is 0 Å². The maximum atomic E-state index is 13.9. The van der Waals surface area contributed by atoms with Crippen molar-refractivity contribution in [3.05, 3.63) is 76.6 Å². The first-order chi connectivity index (χ1) is 14.8. The first-order valence-electron chi connectivity index (χ1n) is 10.4. The van der Waals surface area contributed by atoms with Crippen LogP contribution < -0.4 is 10.9 Å². The second-order valence-electron chi connectivity index (χ2n) is 8.18. The van der Waals surface area contributed by atoms with Crippen LogP contribution in [0.25, 0.3) is 21.9 Å². The van der Waals surface area contributed by atoms with Crippen LogP contribution in [0.1, 0.15) is 32.3 Å². The van der Waals surface area contributed by atoms with Gasteiger partial charge in [-0.05, 0) is 43.5 Å². The molecule has 0 unspecified atom stereocenters. The third kappa shape index (κ3) is 4.08. The number of carbonyl (C=O) groups excluding carboxylic acids is 1. The summed E-state index contributed by atoms with van der Waals surface area (Å²) in [5, 5.41) is 3.37. The maximum Gasteiger partial charge on any atom is 0.277 e. The Kier molecular flexibility index (Phi) is 5.59. The lowest BCUT2D eigenvalue weighted by molar-refractivity contribution is -0.122. The van der Waals surface area contributed by atoms with E-state index in [4.69, 9.17) is 0 Å². The smallest absolute Gasteiger partial charge is 0.277 e. The summed E-state index contributed by atoms with van der Waals surface area (Å²) in [5.41, 5.74) is 2.19. The van der Waals surface area contributed by atoms with Gasteiger partial charge in [-0.1, -0.05) is 37.3 Å². The molecule has 1 atom stereocenters. The highest BCUT2D eigenvalue weighted by Crippen LogP contribution is 2.26. The molecule has 0 aliphatic heterocycles. The number of hydrogen-bond donors (Lipinski definition) is 1. The van der Waals surface area contributed by atoms with Gasteiger partial charge in [-0.25, -0.2) is 9.37 Å². The van der Waals surface area contributed by atoms with E-state index in [1.54, 1.807) is 15.2 Å². The van der Waals surface area contributed by atoms with E-state index in [0.29, 0.717) is 28.5 Å². The van der Waals surface area contributed by atoms with E-state index in [0.717, 1.165) is 5.56 Å². The zero-order valence-electron chi connectivity index (χ0n) is 17.8. The van der Waals surface area contributed by atoms with Crippen LogP contribution in [0.15, 0.2) is 59.7 Å². The molecular weight excluding hydrogens is 395 g/mol. The Bertz CT molecular complexity index is 1310. The number of nitrogens with one attached hydrogen (secondary N) is 1. The number of halogens is 1. The number of hydrogen-bond acceptors (Lipinski definition) is 3. The first kappa shape index (κ1) is 20.8. The molecule has 2 heterocycles. The fraction of sp³-hybridized carbons (Fsp3) is 0.292. The zero-order chi connectivity index (χ0) is 22.1. The molecule has 0 saturated carbocycles. The zero-order valence-corrected chi connectivity index (χ0v) is 17.8. The molecule has 0 bridgehead atoms. The molecule has 2 aromatic heterocycles. The van der Waals surface area contributed by atoms with Gasteiger partial charge in [0.2, 0.25) is 5.91 Å². The molecule has 31 heavy (non-hydrogen) atoms. The fourth-order valence-electron chi connectivity index (χ4n) is 3.96. The lowest BCUT2D eigenvalue weighted by Gasteiger charge is -2.14. The van der Waals surface area contributed by atoms with Crippen LogP contribution in [-0.2, 0) is 17.9 Å². The third-order valence-corrected chi connectivity index (χ3v) is 5.38. The van der Waals surface area contributed by atoms with Crippen molar-refractivity contribution in [2.45, 2.75) is 45.8 Å². The minimum atomic E-state index is -0.415. The number of aromatic nitrogens is 3. The predicted octanol–water partition coefficient (Wildman–Crippen LogP) is 3.82. The van der Waals surface area contributed by atoms with Crippen molar-refractivity contribution in [2.75, 3.05) is 0 Å². The van der Waals surface area contributed by atoms with Gasteiger partial charge in [-0.2, -0.15) is 0 Å². The second-order valence-corrected chi connectivity index (χ2v) is 8.18. The van der Waals surface area contributed by atoms with Crippen molar-refractivity contribution < 1.29 is 9.18 Å². The quantitative estimate of drug-likeness (QED) is 0.516. The average Bonchev–Trinajstić information content (AvgIpc) is 3.03. The summed E-state index contributed by atoms with van der Waals surface area (Å²) >= 11 is 0. The van der Waals surface area contributed by atoms with Crippen molar-refractivity contribution >= 4 is 27.8 Å². The second kappa shape index (κ2) is 8.34. The third-order valence-electron chi connectivity index (χ3n) is 5.38. The lowest BCUT2D eigenvalue weighted by Crippen LogP contribution is -2.34. The highest BCUT2D eigenvalue weighted by molar-refractivity contribution is 6.06. The molecule has 0 fully saturated rings. The molecule has 0 radical (unpaired) electrons. The highest BCUT2D eigenvalue weighted by atomic mass is 19.1. The molecule has 0 aliphatic rings. The Labute approximate surface area is 179 Å². The van der Waals surface area contributed by atoms with Gasteiger partial charge in [0.15, 0.2) is 0 Å². The lowest BCUT2D eigenvalue weighted by atomic mass is 10.0. The molecule has 160 valence electrons. The highest BCUT2D eigenvalue weighted by Gasteiger charge is 2.20. The molecule has 4 aromatic rings. The molecule has 1 amide bonds. The van der Waals surface area contributed by atoms with Crippen LogP contribution in [0, 0.1) is 5.82 Å². The minimum absolute atomic E-state index is 0.0282. The van der Waals surface area contributed by atoms with Crippen LogP contribution in [0.4, 0.5) is 4.39 Å². The summed E-state index contributed by atoms with van der Waals surface area (Å²) in [7, 11) is 0. The summed E-state index contributed by atoms with van der Waals surface area (Å²) in [6.45, 7) is 6.20. The summed E-state index contributed by atoms with van der Waals surface area (Å²) in [6, 6.07) is 14.2. The molecule has 1 N–H and O–H groups in total. The van der Waals surface area contributed by atoms with Crippen molar-refractivity contribution in [1.29, 1.82) is 0 Å². The Balaban J connectivity index is 1.84. The van der Waals surface area contributed by atoms with Crippen molar-refractivity contribution in [3.8, 4) is 0 Å². The van der Waals surface area contributed by atoms with Gasteiger partial charge in [0.1, 0.15) is 23.4 Å². The molecule has 0 aliphatic carbocycles. The van der Waals surface area contributed by atoms with Gasteiger partial charge in [0, 0.05) is 18.0 Å². The fourth-order valence-corrected chi connectivity index (χ4v) is 3.96. The largest absolute Gasteiger partial charge is 0.352 e. The minimum Gasteiger partial charge on any atom is -0.352 e. The van der Waals surface area contributed by atoms with Gasteiger partial charge >= 0.3 is 0 Å². The monoisotopic (exact) mass is 420 g/mol. The summed E-state index contributed by atoms with van der Waals surface area (Å²) < 4.78 is 17.1. The van der Waals surface area contributed by atoms with Crippen molar-refractivity contribution in [2.24, 2.45) is 0 Å². The Hall–Kier alpha value is -3.48. The van der Waals surface area contributed by atoms with E-state index in [2.05, 4.69) is 10.3 Å². The molecule has 4 rings (SSSR count). The summed E-state index contributed by atoms with van der Waals surface area (Å²) in [5.74, 6) is -0.537. The molecule has 7 heteroatoms. The van der Waals surface area contributed by atoms with Crippen LogP contribution in [0.5, 0.6) is 0 Å². The normalized spacial score (nSPS) is 12.5. The van der Waals surface area contributed by atoms with E-state index in [-0.39, 0.29) is 30.0 Å². The Morgan fingerprint density at radius 1 is 1.13 bits per heavy atom. The topological polar surface area (TPSA) is 68.9 Å². The number of nitrogens with zero attached hydrogens (tertiary/aromatic N) is 3. The number of rotatable bonds is 6. The number of fused-ring (bicyclic) bond motifs is 3. The SMILES string of the molecule is CC(C)NC(=O)Cn1c2ccc(F)cc2c2ncn(C[C@H](C)c3ccccc3)c(=O)c21. The number of carbonyl (C=O) groups is 1. The Morgan fingerprint density at radius 2 is 1.87 bits per heavy atom. The van der Waals surface area contributed by atoms with Crippen molar-refractivity contribution in [1.82, 2.24) is 19.4 Å². The maximum absolute atomic E-state index is 13.9. The molecule has 6 nitrogen and oxygen atoms in total. The van der Waals surface area contributed by atoms with Gasteiger partial charge < -0.3 is 9.88 Å². The van der Waals surface area contributed by atoms with Gasteiger partial charge in [-0.3, -0.25) is 14.2 Å². The van der Waals surface area contributed by atoms with Crippen LogP contribution in [0.2, 0.25) is 0 Å². The van der Waals surface area contributed by atoms with Crippen LogP contribution in [0.3, 0.4) is 0 Å². The van der Waals surface area contributed by atoms with E-state index in [1.807, 2.05) is 51.1 Å². The molecule has 0 spiro atoms. The molecular formula is C24H25FN4O2.